The molecule has 2 aromatic carbocycles. The van der Waals surface area contributed by atoms with Crippen molar-refractivity contribution in [2.75, 3.05) is 58.4 Å². The highest BCUT2D eigenvalue weighted by molar-refractivity contribution is 5.96. The van der Waals surface area contributed by atoms with Crippen LogP contribution in [0.25, 0.3) is 11.3 Å². The van der Waals surface area contributed by atoms with Crippen molar-refractivity contribution in [3.63, 3.8) is 0 Å². The van der Waals surface area contributed by atoms with E-state index in [2.05, 4.69) is 15.1 Å². The largest absolute Gasteiger partial charge is 0.497 e. The van der Waals surface area contributed by atoms with Gasteiger partial charge in [0.2, 0.25) is 5.91 Å². The maximum atomic E-state index is 14.3. The summed E-state index contributed by atoms with van der Waals surface area (Å²) in [6, 6.07) is 15.2. The first-order chi connectivity index (χ1) is 18.8. The van der Waals surface area contributed by atoms with Crippen LogP contribution in [0.15, 0.2) is 54.6 Å². The van der Waals surface area contributed by atoms with E-state index < -0.39 is 11.7 Å². The van der Waals surface area contributed by atoms with Gasteiger partial charge in [-0.3, -0.25) is 9.59 Å². The van der Waals surface area contributed by atoms with Crippen molar-refractivity contribution < 1.29 is 23.5 Å². The lowest BCUT2D eigenvalue weighted by Crippen LogP contribution is -2.52. The number of carbonyl (C=O) groups excluding carboxylic acids is 2. The van der Waals surface area contributed by atoms with Gasteiger partial charge in [-0.1, -0.05) is 26.0 Å². The molecule has 39 heavy (non-hydrogen) atoms. The van der Waals surface area contributed by atoms with Crippen LogP contribution in [0.4, 0.5) is 10.2 Å². The quantitative estimate of drug-likeness (QED) is 0.412. The molecule has 1 saturated heterocycles. The van der Waals surface area contributed by atoms with Crippen LogP contribution in [-0.2, 0) is 4.79 Å². The Labute approximate surface area is 228 Å². The van der Waals surface area contributed by atoms with Crippen LogP contribution in [0.1, 0.15) is 24.2 Å². The zero-order valence-electron chi connectivity index (χ0n) is 22.8. The molecule has 0 spiro atoms. The van der Waals surface area contributed by atoms with Gasteiger partial charge in [0, 0.05) is 44.4 Å². The van der Waals surface area contributed by atoms with Gasteiger partial charge in [0.05, 0.1) is 25.5 Å². The molecule has 206 valence electrons. The molecule has 9 nitrogen and oxygen atoms in total. The average Bonchev–Trinajstić information content (AvgIpc) is 2.96. The second-order valence-corrected chi connectivity index (χ2v) is 9.77. The van der Waals surface area contributed by atoms with E-state index in [0.29, 0.717) is 49.9 Å². The molecule has 0 bridgehead atoms. The topological polar surface area (TPSA) is 88.1 Å². The number of benzene rings is 2. The first-order valence-electron chi connectivity index (χ1n) is 12.9. The molecule has 1 aliphatic rings. The fourth-order valence-corrected chi connectivity index (χ4v) is 4.56. The fraction of sp³-hybridized carbons (Fsp3) is 0.379. The van der Waals surface area contributed by atoms with Crippen molar-refractivity contribution in [2.45, 2.75) is 13.8 Å². The highest BCUT2D eigenvalue weighted by Gasteiger charge is 2.27. The Balaban J connectivity index is 1.37. The van der Waals surface area contributed by atoms with Gasteiger partial charge < -0.3 is 24.2 Å². The van der Waals surface area contributed by atoms with Crippen LogP contribution in [0, 0.1) is 11.7 Å². The van der Waals surface area contributed by atoms with Crippen molar-refractivity contribution in [1.29, 1.82) is 0 Å². The Morgan fingerprint density at radius 2 is 1.72 bits per heavy atom. The summed E-state index contributed by atoms with van der Waals surface area (Å²) in [5, 5.41) is 8.81. The number of rotatable bonds is 9. The number of piperazine rings is 1. The van der Waals surface area contributed by atoms with E-state index in [0.717, 1.165) is 11.4 Å². The number of anilines is 1. The van der Waals surface area contributed by atoms with E-state index in [1.54, 1.807) is 31.3 Å². The molecule has 10 heteroatoms. The molecule has 0 atom stereocenters. The summed E-state index contributed by atoms with van der Waals surface area (Å²) < 4.78 is 25.0. The minimum absolute atomic E-state index is 0.0231. The predicted molar refractivity (Wildman–Crippen MR) is 147 cm³/mol. The lowest BCUT2D eigenvalue weighted by atomic mass is 10.1. The standard InChI is InChI=1S/C29H34FN5O4/c1-20(2)18-35(29(37)22-7-5-6-8-24(22)30)19-28(36)34-15-13-33(14-16-34)27-12-11-25(31-32-27)23-10-9-21(38-3)17-26(23)39-4/h5-12,17,20H,13-16,18-19H2,1-4H3. The highest BCUT2D eigenvalue weighted by Crippen LogP contribution is 2.32. The van der Waals surface area contributed by atoms with Crippen LogP contribution in [-0.4, -0.2) is 85.3 Å². The summed E-state index contributed by atoms with van der Waals surface area (Å²) >= 11 is 0. The van der Waals surface area contributed by atoms with Gasteiger partial charge in [-0.15, -0.1) is 10.2 Å². The normalized spacial score (nSPS) is 13.4. The first kappa shape index (κ1) is 27.8. The molecule has 3 aromatic rings. The zero-order chi connectivity index (χ0) is 27.9. The minimum atomic E-state index is -0.588. The van der Waals surface area contributed by atoms with Gasteiger partial charge in [-0.25, -0.2) is 4.39 Å². The Hall–Kier alpha value is -4.21. The van der Waals surface area contributed by atoms with Crippen LogP contribution in [0.2, 0.25) is 0 Å². The SMILES string of the molecule is COc1ccc(-c2ccc(N3CCN(C(=O)CN(CC(C)C)C(=O)c4ccccc4F)CC3)nn2)c(OC)c1. The second kappa shape index (κ2) is 12.6. The van der Waals surface area contributed by atoms with Gasteiger partial charge in [0.25, 0.3) is 5.91 Å². The lowest BCUT2D eigenvalue weighted by Gasteiger charge is -2.36. The predicted octanol–water partition coefficient (Wildman–Crippen LogP) is 3.75. The van der Waals surface area contributed by atoms with Crippen LogP contribution >= 0.6 is 0 Å². The monoisotopic (exact) mass is 535 g/mol. The molecule has 0 N–H and O–H groups in total. The van der Waals surface area contributed by atoms with E-state index in [-0.39, 0.29) is 23.9 Å². The second-order valence-electron chi connectivity index (χ2n) is 9.77. The van der Waals surface area contributed by atoms with Gasteiger partial charge in [-0.2, -0.15) is 0 Å². The zero-order valence-corrected chi connectivity index (χ0v) is 22.8. The molecular weight excluding hydrogens is 501 g/mol. The summed E-state index contributed by atoms with van der Waals surface area (Å²) in [5.41, 5.74) is 1.46. The van der Waals surface area contributed by atoms with E-state index in [9.17, 15) is 14.0 Å². The van der Waals surface area contributed by atoms with Crippen molar-refractivity contribution in [1.82, 2.24) is 20.0 Å². The molecule has 1 aromatic heterocycles. The molecule has 0 aliphatic carbocycles. The Bertz CT molecular complexity index is 1290. The third kappa shape index (κ3) is 6.63. The molecule has 1 aliphatic heterocycles. The van der Waals surface area contributed by atoms with Crippen molar-refractivity contribution in [3.8, 4) is 22.8 Å². The van der Waals surface area contributed by atoms with Crippen molar-refractivity contribution in [3.05, 3.63) is 66.0 Å². The highest BCUT2D eigenvalue weighted by atomic mass is 19.1. The number of hydrogen-bond donors (Lipinski definition) is 0. The maximum absolute atomic E-state index is 14.3. The third-order valence-electron chi connectivity index (χ3n) is 6.59. The number of ether oxygens (including phenoxy) is 2. The van der Waals surface area contributed by atoms with Gasteiger partial charge in [-0.05, 0) is 42.3 Å². The van der Waals surface area contributed by atoms with E-state index in [1.807, 2.05) is 38.1 Å². The number of methoxy groups -OCH3 is 2. The fourth-order valence-electron chi connectivity index (χ4n) is 4.56. The molecule has 0 unspecified atom stereocenters. The van der Waals surface area contributed by atoms with E-state index in [4.69, 9.17) is 9.47 Å². The number of aromatic nitrogens is 2. The van der Waals surface area contributed by atoms with Gasteiger partial charge >= 0.3 is 0 Å². The van der Waals surface area contributed by atoms with E-state index >= 15 is 0 Å². The molecule has 2 heterocycles. The Morgan fingerprint density at radius 3 is 2.33 bits per heavy atom. The summed E-state index contributed by atoms with van der Waals surface area (Å²) in [7, 11) is 3.20. The summed E-state index contributed by atoms with van der Waals surface area (Å²) in [6.07, 6.45) is 0. The summed E-state index contributed by atoms with van der Waals surface area (Å²) in [6.45, 7) is 6.32. The minimum Gasteiger partial charge on any atom is -0.497 e. The molecule has 4 rings (SSSR count). The average molecular weight is 536 g/mol. The van der Waals surface area contributed by atoms with Gasteiger partial charge in [0.1, 0.15) is 23.9 Å². The number of nitrogens with zero attached hydrogens (tertiary/aromatic N) is 5. The van der Waals surface area contributed by atoms with Crippen molar-refractivity contribution >= 4 is 17.6 Å². The molecular formula is C29H34FN5O4. The van der Waals surface area contributed by atoms with Crippen LogP contribution in [0.5, 0.6) is 11.5 Å². The summed E-state index contributed by atoms with van der Waals surface area (Å²) in [4.78, 5) is 31.4. The Kier molecular flexibility index (Phi) is 8.96. The van der Waals surface area contributed by atoms with Crippen molar-refractivity contribution in [2.24, 2.45) is 5.92 Å². The van der Waals surface area contributed by atoms with Gasteiger partial charge in [0.15, 0.2) is 5.82 Å². The smallest absolute Gasteiger partial charge is 0.257 e. The molecule has 0 radical (unpaired) electrons. The van der Waals surface area contributed by atoms with Crippen LogP contribution in [0.3, 0.4) is 0 Å². The number of hydrogen-bond acceptors (Lipinski definition) is 7. The van der Waals surface area contributed by atoms with Crippen LogP contribution < -0.4 is 14.4 Å². The number of amides is 2. The Morgan fingerprint density at radius 1 is 0.974 bits per heavy atom. The number of halogens is 1. The molecule has 0 saturated carbocycles. The maximum Gasteiger partial charge on any atom is 0.257 e. The molecule has 2 amide bonds. The lowest BCUT2D eigenvalue weighted by molar-refractivity contribution is -0.132. The summed E-state index contributed by atoms with van der Waals surface area (Å²) in [5.74, 6) is 0.958. The van der Waals surface area contributed by atoms with E-state index in [1.165, 1.54) is 23.1 Å². The number of carbonyl (C=O) groups is 2. The molecule has 1 fully saturated rings. The first-order valence-corrected chi connectivity index (χ1v) is 12.9. The third-order valence-corrected chi connectivity index (χ3v) is 6.59.